The van der Waals surface area contributed by atoms with Crippen molar-refractivity contribution in [2.45, 2.75) is 45.8 Å². The molecule has 1 atom stereocenters. The van der Waals surface area contributed by atoms with Crippen LogP contribution in [-0.2, 0) is 11.4 Å². The Morgan fingerprint density at radius 1 is 1.43 bits per heavy atom. The van der Waals surface area contributed by atoms with Crippen molar-refractivity contribution in [1.29, 1.82) is 0 Å². The number of anilines is 1. The second kappa shape index (κ2) is 6.04. The SMILES string of the molecule is Cc1[nH]nc2c1[C@H](c1ccc(OC(C)C)c(CO)c1)CC(=O)N2. The van der Waals surface area contributed by atoms with Crippen molar-refractivity contribution in [3.8, 4) is 5.75 Å². The molecule has 0 bridgehead atoms. The molecule has 0 radical (unpaired) electrons. The van der Waals surface area contributed by atoms with Gasteiger partial charge >= 0.3 is 0 Å². The molecule has 0 saturated heterocycles. The predicted molar refractivity (Wildman–Crippen MR) is 86.5 cm³/mol. The number of aromatic nitrogens is 2. The van der Waals surface area contributed by atoms with Crippen LogP contribution in [0.25, 0.3) is 0 Å². The van der Waals surface area contributed by atoms with Gasteiger partial charge in [0.25, 0.3) is 0 Å². The van der Waals surface area contributed by atoms with Crippen molar-refractivity contribution in [3.05, 3.63) is 40.6 Å². The van der Waals surface area contributed by atoms with Crippen LogP contribution in [0.4, 0.5) is 5.82 Å². The number of aromatic amines is 1. The van der Waals surface area contributed by atoms with Crippen molar-refractivity contribution < 1.29 is 14.6 Å². The zero-order valence-electron chi connectivity index (χ0n) is 13.5. The van der Waals surface area contributed by atoms with Crippen molar-refractivity contribution in [2.24, 2.45) is 0 Å². The standard InChI is InChI=1S/C17H21N3O3/c1-9(2)23-14-5-4-11(6-12(14)8-21)13-7-15(22)18-17-16(13)10(3)19-20-17/h4-6,9,13,21H,7-8H2,1-3H3,(H2,18,19,20,22)/t13-/m0/s1. The largest absolute Gasteiger partial charge is 0.491 e. The Kier molecular flexibility index (Phi) is 4.09. The van der Waals surface area contributed by atoms with Gasteiger partial charge in [0.05, 0.1) is 12.7 Å². The van der Waals surface area contributed by atoms with Crippen LogP contribution in [0.1, 0.15) is 48.6 Å². The lowest BCUT2D eigenvalue weighted by Crippen LogP contribution is -2.23. The third-order valence-electron chi connectivity index (χ3n) is 4.01. The number of aryl methyl sites for hydroxylation is 1. The molecule has 0 saturated carbocycles. The van der Waals surface area contributed by atoms with Gasteiger partial charge < -0.3 is 15.2 Å². The van der Waals surface area contributed by atoms with Gasteiger partial charge in [0.1, 0.15) is 5.75 Å². The highest BCUT2D eigenvalue weighted by molar-refractivity contribution is 5.94. The van der Waals surface area contributed by atoms with E-state index in [2.05, 4.69) is 15.5 Å². The number of nitrogens with zero attached hydrogens (tertiary/aromatic N) is 1. The maximum absolute atomic E-state index is 11.9. The van der Waals surface area contributed by atoms with Crippen molar-refractivity contribution >= 4 is 11.7 Å². The number of rotatable bonds is 4. The van der Waals surface area contributed by atoms with E-state index in [1.165, 1.54) is 0 Å². The van der Waals surface area contributed by atoms with E-state index in [1.54, 1.807) is 0 Å². The lowest BCUT2D eigenvalue weighted by molar-refractivity contribution is -0.116. The lowest BCUT2D eigenvalue weighted by Gasteiger charge is -2.24. The second-order valence-electron chi connectivity index (χ2n) is 6.11. The Hall–Kier alpha value is -2.34. The molecule has 0 spiro atoms. The fourth-order valence-electron chi connectivity index (χ4n) is 3.02. The highest BCUT2D eigenvalue weighted by Crippen LogP contribution is 2.39. The van der Waals surface area contributed by atoms with E-state index in [4.69, 9.17) is 4.74 Å². The highest BCUT2D eigenvalue weighted by Gasteiger charge is 2.30. The molecule has 1 aromatic heterocycles. The summed E-state index contributed by atoms with van der Waals surface area (Å²) < 4.78 is 5.72. The molecule has 1 aliphatic heterocycles. The number of benzene rings is 1. The Labute approximate surface area is 134 Å². The van der Waals surface area contributed by atoms with Gasteiger partial charge in [-0.3, -0.25) is 9.89 Å². The number of carbonyl (C=O) groups excluding carboxylic acids is 1. The second-order valence-corrected chi connectivity index (χ2v) is 6.11. The van der Waals surface area contributed by atoms with E-state index in [0.29, 0.717) is 18.0 Å². The number of fused-ring (bicyclic) bond motifs is 1. The molecule has 0 unspecified atom stereocenters. The first-order valence-electron chi connectivity index (χ1n) is 7.74. The van der Waals surface area contributed by atoms with Crippen molar-refractivity contribution in [3.63, 3.8) is 0 Å². The van der Waals surface area contributed by atoms with Crippen LogP contribution in [0.2, 0.25) is 0 Å². The smallest absolute Gasteiger partial charge is 0.226 e. The minimum Gasteiger partial charge on any atom is -0.491 e. The Balaban J connectivity index is 2.02. The van der Waals surface area contributed by atoms with Crippen LogP contribution < -0.4 is 10.1 Å². The van der Waals surface area contributed by atoms with E-state index in [-0.39, 0.29) is 24.5 Å². The summed E-state index contributed by atoms with van der Waals surface area (Å²) in [6.07, 6.45) is 0.400. The number of nitrogens with one attached hydrogen (secondary N) is 2. The minimum absolute atomic E-state index is 0.0364. The van der Waals surface area contributed by atoms with Crippen LogP contribution in [0.3, 0.4) is 0 Å². The zero-order chi connectivity index (χ0) is 16.6. The zero-order valence-corrected chi connectivity index (χ0v) is 13.5. The maximum Gasteiger partial charge on any atom is 0.226 e. The summed E-state index contributed by atoms with van der Waals surface area (Å²) in [6.45, 7) is 5.73. The summed E-state index contributed by atoms with van der Waals surface area (Å²) >= 11 is 0. The minimum atomic E-state index is -0.105. The molecule has 6 nitrogen and oxygen atoms in total. The Bertz CT molecular complexity index is 737. The van der Waals surface area contributed by atoms with Crippen molar-refractivity contribution in [2.75, 3.05) is 5.32 Å². The Morgan fingerprint density at radius 3 is 2.91 bits per heavy atom. The van der Waals surface area contributed by atoms with E-state index in [1.807, 2.05) is 39.0 Å². The normalized spacial score (nSPS) is 17.1. The van der Waals surface area contributed by atoms with Crippen LogP contribution in [0.15, 0.2) is 18.2 Å². The summed E-state index contributed by atoms with van der Waals surface area (Å²) in [5.41, 5.74) is 3.65. The maximum atomic E-state index is 11.9. The average molecular weight is 315 g/mol. The first kappa shape index (κ1) is 15.6. The predicted octanol–water partition coefficient (Wildman–Crippen LogP) is 2.47. The van der Waals surface area contributed by atoms with Crippen LogP contribution in [0.5, 0.6) is 5.75 Å². The number of aliphatic hydroxyl groups is 1. The van der Waals surface area contributed by atoms with Crippen molar-refractivity contribution in [1.82, 2.24) is 10.2 Å². The molecule has 3 N–H and O–H groups in total. The summed E-state index contributed by atoms with van der Waals surface area (Å²) in [4.78, 5) is 11.9. The fraction of sp³-hybridized carbons (Fsp3) is 0.412. The van der Waals surface area contributed by atoms with Gasteiger partial charge in [-0.15, -0.1) is 0 Å². The Morgan fingerprint density at radius 2 is 2.22 bits per heavy atom. The molecule has 2 aromatic rings. The molecule has 6 heteroatoms. The number of hydrogen-bond acceptors (Lipinski definition) is 4. The number of aliphatic hydroxyl groups excluding tert-OH is 1. The molecule has 1 amide bonds. The average Bonchev–Trinajstić information content (AvgIpc) is 2.87. The molecule has 1 aromatic carbocycles. The number of amides is 1. The molecule has 1 aliphatic rings. The first-order chi connectivity index (χ1) is 11.0. The summed E-state index contributed by atoms with van der Waals surface area (Å²) in [5.74, 6) is 1.14. The molecule has 122 valence electrons. The quantitative estimate of drug-likeness (QED) is 0.809. The van der Waals surface area contributed by atoms with Crippen LogP contribution in [-0.4, -0.2) is 27.3 Å². The van der Waals surface area contributed by atoms with Gasteiger partial charge in [-0.2, -0.15) is 5.10 Å². The number of carbonyl (C=O) groups is 1. The summed E-state index contributed by atoms with van der Waals surface area (Å²) in [7, 11) is 0. The van der Waals surface area contributed by atoms with Gasteiger partial charge in [-0.25, -0.2) is 0 Å². The molecule has 3 rings (SSSR count). The number of hydrogen-bond donors (Lipinski definition) is 3. The summed E-state index contributed by atoms with van der Waals surface area (Å²) in [5, 5.41) is 19.5. The van der Waals surface area contributed by atoms with E-state index in [9.17, 15) is 9.90 Å². The van der Waals surface area contributed by atoms with E-state index in [0.717, 1.165) is 22.4 Å². The molecule has 23 heavy (non-hydrogen) atoms. The lowest BCUT2D eigenvalue weighted by atomic mass is 9.85. The van der Waals surface area contributed by atoms with E-state index >= 15 is 0 Å². The molecular formula is C17H21N3O3. The van der Waals surface area contributed by atoms with Crippen LogP contribution in [0, 0.1) is 6.92 Å². The summed E-state index contributed by atoms with van der Waals surface area (Å²) in [6, 6.07) is 5.73. The van der Waals surface area contributed by atoms with E-state index < -0.39 is 0 Å². The third kappa shape index (κ3) is 2.94. The number of H-pyrrole nitrogens is 1. The molecular weight excluding hydrogens is 294 g/mol. The van der Waals surface area contributed by atoms with Gasteiger partial charge in [0.2, 0.25) is 5.91 Å². The first-order valence-corrected chi connectivity index (χ1v) is 7.74. The topological polar surface area (TPSA) is 87.2 Å². The van der Waals surface area contributed by atoms with Gasteiger partial charge in [-0.05, 0) is 38.5 Å². The molecule has 0 aliphatic carbocycles. The van der Waals surface area contributed by atoms with Gasteiger partial charge in [-0.1, -0.05) is 6.07 Å². The molecule has 2 heterocycles. The fourth-order valence-corrected chi connectivity index (χ4v) is 3.02. The highest BCUT2D eigenvalue weighted by atomic mass is 16.5. The monoisotopic (exact) mass is 315 g/mol. The van der Waals surface area contributed by atoms with Crippen LogP contribution >= 0.6 is 0 Å². The third-order valence-corrected chi connectivity index (χ3v) is 4.01. The van der Waals surface area contributed by atoms with Gasteiger partial charge in [0, 0.05) is 29.2 Å². The van der Waals surface area contributed by atoms with Gasteiger partial charge in [0.15, 0.2) is 5.82 Å². The number of ether oxygens (including phenoxy) is 1. The molecule has 0 fully saturated rings.